The molecule has 8 nitrogen and oxygen atoms in total. The molecule has 3 rings (SSSR count). The lowest BCUT2D eigenvalue weighted by molar-refractivity contribution is -0.436. The largest absolute Gasteiger partial charge is 0.544 e. The van der Waals surface area contributed by atoms with Crippen LogP contribution >= 0.6 is 0 Å². The van der Waals surface area contributed by atoms with Gasteiger partial charge in [-0.05, 0) is 11.6 Å². The van der Waals surface area contributed by atoms with Crippen molar-refractivity contribution >= 4 is 22.9 Å². The summed E-state index contributed by atoms with van der Waals surface area (Å²) in [7, 11) is 0. The maximum atomic E-state index is 10.6. The van der Waals surface area contributed by atoms with Crippen LogP contribution in [0.4, 0.5) is 6.01 Å². The minimum atomic E-state index is -1.21. The van der Waals surface area contributed by atoms with Gasteiger partial charge in [0.2, 0.25) is 0 Å². The van der Waals surface area contributed by atoms with Gasteiger partial charge in [-0.25, -0.2) is 0 Å². The van der Waals surface area contributed by atoms with Crippen molar-refractivity contribution in [1.29, 1.82) is 0 Å². The summed E-state index contributed by atoms with van der Waals surface area (Å²) >= 11 is 0. The van der Waals surface area contributed by atoms with E-state index in [-0.39, 0.29) is 24.2 Å². The number of hydrogen-bond donors (Lipinski definition) is 4. The van der Waals surface area contributed by atoms with Crippen LogP contribution in [0.3, 0.4) is 0 Å². The van der Waals surface area contributed by atoms with Crippen LogP contribution in [0, 0.1) is 0 Å². The summed E-state index contributed by atoms with van der Waals surface area (Å²) in [6, 6.07) is 7.17. The first-order chi connectivity index (χ1) is 12.5. The molecule has 0 fully saturated rings. The number of para-hydroxylation sites is 1. The van der Waals surface area contributed by atoms with E-state index in [0.717, 1.165) is 16.5 Å². The van der Waals surface area contributed by atoms with Crippen LogP contribution in [0.1, 0.15) is 30.6 Å². The molecule has 6 N–H and O–H groups in total. The first-order valence-electron chi connectivity index (χ1n) is 8.18. The third kappa shape index (κ3) is 3.55. The molecule has 1 aromatic carbocycles. The summed E-state index contributed by atoms with van der Waals surface area (Å²) in [6.45, 7) is 1.92. The predicted molar refractivity (Wildman–Crippen MR) is 93.0 cm³/mol. The molecule has 0 bridgehead atoms. The summed E-state index contributed by atoms with van der Waals surface area (Å²) in [6.07, 6.45) is 5.17. The van der Waals surface area contributed by atoms with E-state index in [1.54, 1.807) is 6.08 Å². The number of oxazole rings is 1. The smallest absolute Gasteiger partial charge is 0.302 e. The molecule has 0 aliphatic heterocycles. The Bertz CT molecular complexity index is 944. The average molecular weight is 356 g/mol. The highest BCUT2D eigenvalue weighted by molar-refractivity contribution is 5.84. The Labute approximate surface area is 149 Å². The summed E-state index contributed by atoms with van der Waals surface area (Å²) in [4.78, 5) is 17.7. The zero-order valence-electron chi connectivity index (χ0n) is 14.2. The van der Waals surface area contributed by atoms with E-state index >= 15 is 0 Å². The van der Waals surface area contributed by atoms with E-state index < -0.39 is 12.0 Å². The molecule has 136 valence electrons. The van der Waals surface area contributed by atoms with Crippen molar-refractivity contribution < 1.29 is 25.2 Å². The Hall–Kier alpha value is -3.26. The van der Waals surface area contributed by atoms with E-state index in [1.165, 1.54) is 6.20 Å². The normalized spacial score (nSPS) is 13.9. The number of aliphatic carboxylic acids is 1. The molecule has 0 radical (unpaired) electrons. The van der Waals surface area contributed by atoms with E-state index in [1.807, 2.05) is 37.4 Å². The number of aromatic nitrogens is 2. The van der Waals surface area contributed by atoms with Crippen LogP contribution in [-0.2, 0) is 4.79 Å². The van der Waals surface area contributed by atoms with E-state index in [4.69, 9.17) is 4.42 Å². The van der Waals surface area contributed by atoms with E-state index in [0.29, 0.717) is 5.76 Å². The van der Waals surface area contributed by atoms with Crippen molar-refractivity contribution in [3.05, 3.63) is 54.1 Å². The fourth-order valence-corrected chi connectivity index (χ4v) is 2.72. The fourth-order valence-electron chi connectivity index (χ4n) is 2.72. The molecule has 0 amide bonds. The number of fused-ring (bicyclic) bond motifs is 1. The minimum Gasteiger partial charge on any atom is -0.544 e. The number of carboxylic acids is 1. The van der Waals surface area contributed by atoms with Crippen LogP contribution in [0.25, 0.3) is 10.9 Å². The molecule has 0 spiro atoms. The number of aromatic hydroxyl groups is 1. The molecule has 2 atom stereocenters. The van der Waals surface area contributed by atoms with Gasteiger partial charge < -0.3 is 35.5 Å². The summed E-state index contributed by atoms with van der Waals surface area (Å²) in [5, 5.41) is 24.5. The van der Waals surface area contributed by atoms with Gasteiger partial charge >= 0.3 is 6.01 Å². The van der Waals surface area contributed by atoms with Gasteiger partial charge in [-0.2, -0.15) is 4.98 Å². The molecule has 3 aromatic rings. The topological polar surface area (TPSA) is 142 Å². The van der Waals surface area contributed by atoms with Crippen LogP contribution in [0.2, 0.25) is 0 Å². The first kappa shape index (κ1) is 17.6. The number of carbonyl (C=O) groups excluding carboxylic acids is 1. The van der Waals surface area contributed by atoms with Crippen molar-refractivity contribution in [3.63, 3.8) is 0 Å². The van der Waals surface area contributed by atoms with Gasteiger partial charge in [0.25, 0.3) is 5.88 Å². The minimum absolute atomic E-state index is 0.120. The number of anilines is 1. The lowest BCUT2D eigenvalue weighted by Gasteiger charge is -2.07. The lowest BCUT2D eigenvalue weighted by atomic mass is 9.98. The fraction of sp³-hybridized carbons (Fsp3) is 0.222. The molecule has 2 aromatic heterocycles. The van der Waals surface area contributed by atoms with Gasteiger partial charge in [-0.15, -0.1) is 0 Å². The second-order valence-corrected chi connectivity index (χ2v) is 6.02. The molecule has 0 saturated carbocycles. The molecule has 2 heterocycles. The average Bonchev–Trinajstić information content (AvgIpc) is 3.21. The number of nitrogens with zero attached hydrogens (tertiary/aromatic N) is 1. The van der Waals surface area contributed by atoms with Crippen LogP contribution in [0.5, 0.6) is 5.88 Å². The van der Waals surface area contributed by atoms with Gasteiger partial charge in [0, 0.05) is 35.6 Å². The summed E-state index contributed by atoms with van der Waals surface area (Å²) in [5.41, 5.74) is 5.45. The zero-order valence-corrected chi connectivity index (χ0v) is 14.2. The van der Waals surface area contributed by atoms with Crippen molar-refractivity contribution in [2.75, 3.05) is 5.32 Å². The molecular weight excluding hydrogens is 336 g/mol. The van der Waals surface area contributed by atoms with Crippen molar-refractivity contribution in [1.82, 2.24) is 9.97 Å². The number of carbonyl (C=O) groups is 1. The molecule has 26 heavy (non-hydrogen) atoms. The molecular formula is C18H20N4O4. The number of benzene rings is 1. The molecule has 0 unspecified atom stereocenters. The van der Waals surface area contributed by atoms with Crippen LogP contribution < -0.4 is 16.2 Å². The molecule has 8 heteroatoms. The van der Waals surface area contributed by atoms with E-state index in [2.05, 4.69) is 21.0 Å². The van der Waals surface area contributed by atoms with Crippen LogP contribution in [0.15, 0.2) is 47.2 Å². The van der Waals surface area contributed by atoms with Gasteiger partial charge in [0.15, 0.2) is 5.76 Å². The Morgan fingerprint density at radius 1 is 1.50 bits per heavy atom. The predicted octanol–water partition coefficient (Wildman–Crippen LogP) is 0.689. The Morgan fingerprint density at radius 2 is 2.27 bits per heavy atom. The van der Waals surface area contributed by atoms with E-state index in [9.17, 15) is 15.0 Å². The Balaban J connectivity index is 1.73. The number of nitrogens with one attached hydrogen (secondary N) is 2. The third-order valence-electron chi connectivity index (χ3n) is 4.19. The zero-order chi connectivity index (χ0) is 18.7. The Morgan fingerprint density at radius 3 is 3.04 bits per heavy atom. The van der Waals surface area contributed by atoms with Crippen LogP contribution in [-0.4, -0.2) is 27.1 Å². The van der Waals surface area contributed by atoms with Crippen molar-refractivity contribution in [3.8, 4) is 5.88 Å². The molecule has 0 aliphatic carbocycles. The number of quaternary nitrogens is 1. The second kappa shape index (κ2) is 7.32. The SMILES string of the molecule is C[C@@H](c1oc(N/C=C/C[C@H]([NH3+])C(=O)[O-])nc1O)c1c[nH]c2ccccc12. The number of carboxylic acid groups (broad SMARTS) is 1. The molecule has 0 saturated heterocycles. The quantitative estimate of drug-likeness (QED) is 0.491. The summed E-state index contributed by atoms with van der Waals surface area (Å²) in [5.74, 6) is -1.27. The number of rotatable bonds is 7. The highest BCUT2D eigenvalue weighted by Gasteiger charge is 2.22. The van der Waals surface area contributed by atoms with Gasteiger partial charge in [0.05, 0.1) is 5.97 Å². The van der Waals surface area contributed by atoms with Crippen molar-refractivity contribution in [2.45, 2.75) is 25.3 Å². The Kier molecular flexibility index (Phi) is 4.94. The first-order valence-corrected chi connectivity index (χ1v) is 8.18. The van der Waals surface area contributed by atoms with Crippen molar-refractivity contribution in [2.24, 2.45) is 0 Å². The van der Waals surface area contributed by atoms with Gasteiger partial charge in [0.1, 0.15) is 6.04 Å². The van der Waals surface area contributed by atoms with Gasteiger partial charge in [-0.1, -0.05) is 31.2 Å². The van der Waals surface area contributed by atoms with Gasteiger partial charge in [-0.3, -0.25) is 0 Å². The summed E-state index contributed by atoms with van der Waals surface area (Å²) < 4.78 is 5.62. The maximum Gasteiger partial charge on any atom is 0.302 e. The third-order valence-corrected chi connectivity index (χ3v) is 4.19. The maximum absolute atomic E-state index is 10.6. The number of hydrogen-bond acceptors (Lipinski definition) is 6. The standard InChI is InChI=1S/C18H20N4O4/c1-10(12-9-21-14-7-3-2-5-11(12)14)15-16(23)22-18(26-15)20-8-4-6-13(19)17(24)25/h2-5,7-10,13,21,23H,6,19H2,1H3,(H,20,22)(H,24,25)/b8-4+/t10-,13+/m1/s1. The number of H-pyrrole nitrogens is 1. The lowest BCUT2D eigenvalue weighted by Crippen LogP contribution is -2.68. The second-order valence-electron chi connectivity index (χ2n) is 6.02. The highest BCUT2D eigenvalue weighted by Crippen LogP contribution is 2.36. The monoisotopic (exact) mass is 356 g/mol. The number of aromatic amines is 1. The highest BCUT2D eigenvalue weighted by atomic mass is 16.4. The molecule has 0 aliphatic rings.